The number of nitrogens with zero attached hydrogens (tertiary/aromatic N) is 1. The number of primary amides is 1. The lowest BCUT2D eigenvalue weighted by Crippen LogP contribution is -2.28. The van der Waals surface area contributed by atoms with Crippen LogP contribution in [0.4, 0.5) is 4.79 Å². The number of methoxy groups -OCH3 is 2. The molecular weight excluding hydrogens is 346 g/mol. The Bertz CT molecular complexity index is 819. The Balaban J connectivity index is 2.10. The summed E-state index contributed by atoms with van der Waals surface area (Å²) in [6.07, 6.45) is 0. The molecule has 0 spiro atoms. The molecule has 2 aromatic rings. The molecular formula is C20H25N3O4. The summed E-state index contributed by atoms with van der Waals surface area (Å²) in [5.41, 5.74) is 8.48. The van der Waals surface area contributed by atoms with Crippen LogP contribution in [0.15, 0.2) is 36.4 Å². The SMILES string of the molecule is COc1cc(C)c(CN(C)C(=O)c2ccc(CNC(N)=O)cc2)cc1OC. The summed E-state index contributed by atoms with van der Waals surface area (Å²) in [7, 11) is 4.93. The Morgan fingerprint density at radius 2 is 1.67 bits per heavy atom. The zero-order valence-electron chi connectivity index (χ0n) is 16.0. The lowest BCUT2D eigenvalue weighted by Gasteiger charge is -2.20. The Hall–Kier alpha value is -3.22. The Morgan fingerprint density at radius 3 is 2.22 bits per heavy atom. The van der Waals surface area contributed by atoms with E-state index in [9.17, 15) is 9.59 Å². The largest absolute Gasteiger partial charge is 0.493 e. The van der Waals surface area contributed by atoms with Crippen molar-refractivity contribution < 1.29 is 19.1 Å². The molecule has 0 bridgehead atoms. The molecule has 0 saturated heterocycles. The molecule has 0 heterocycles. The van der Waals surface area contributed by atoms with Gasteiger partial charge in [0.15, 0.2) is 11.5 Å². The van der Waals surface area contributed by atoms with Crippen molar-refractivity contribution in [3.8, 4) is 11.5 Å². The number of urea groups is 1. The number of ether oxygens (including phenoxy) is 2. The van der Waals surface area contributed by atoms with E-state index in [0.717, 1.165) is 16.7 Å². The molecule has 2 aromatic carbocycles. The van der Waals surface area contributed by atoms with Gasteiger partial charge in [0.1, 0.15) is 0 Å². The summed E-state index contributed by atoms with van der Waals surface area (Å²) in [6, 6.07) is 10.2. The lowest BCUT2D eigenvalue weighted by atomic mass is 10.1. The number of hydrogen-bond acceptors (Lipinski definition) is 4. The van der Waals surface area contributed by atoms with Crippen molar-refractivity contribution in [1.82, 2.24) is 10.2 Å². The van der Waals surface area contributed by atoms with Crippen LogP contribution in [0.1, 0.15) is 27.0 Å². The zero-order chi connectivity index (χ0) is 20.0. The highest BCUT2D eigenvalue weighted by Crippen LogP contribution is 2.30. The Kier molecular flexibility index (Phi) is 6.65. The molecule has 0 aliphatic carbocycles. The summed E-state index contributed by atoms with van der Waals surface area (Å²) >= 11 is 0. The van der Waals surface area contributed by atoms with Crippen LogP contribution in [-0.2, 0) is 13.1 Å². The van der Waals surface area contributed by atoms with Crippen LogP contribution in [0.3, 0.4) is 0 Å². The van der Waals surface area contributed by atoms with Crippen molar-refractivity contribution in [3.05, 3.63) is 58.7 Å². The zero-order valence-corrected chi connectivity index (χ0v) is 16.0. The third-order valence-electron chi connectivity index (χ3n) is 4.26. The van der Waals surface area contributed by atoms with Crippen LogP contribution in [0.5, 0.6) is 11.5 Å². The maximum Gasteiger partial charge on any atom is 0.312 e. The standard InChI is InChI=1S/C20H25N3O4/c1-13-9-17(26-3)18(27-4)10-16(13)12-23(2)19(24)15-7-5-14(6-8-15)11-22-20(21)25/h5-10H,11-12H2,1-4H3,(H3,21,22,25). The van der Waals surface area contributed by atoms with Crippen molar-refractivity contribution >= 4 is 11.9 Å². The quantitative estimate of drug-likeness (QED) is 0.782. The summed E-state index contributed by atoms with van der Waals surface area (Å²) in [5, 5.41) is 2.51. The first-order valence-electron chi connectivity index (χ1n) is 8.45. The molecule has 0 saturated carbocycles. The van der Waals surface area contributed by atoms with Crippen LogP contribution in [0.2, 0.25) is 0 Å². The van der Waals surface area contributed by atoms with Gasteiger partial charge in [-0.3, -0.25) is 4.79 Å². The van der Waals surface area contributed by atoms with E-state index in [4.69, 9.17) is 15.2 Å². The topological polar surface area (TPSA) is 93.9 Å². The van der Waals surface area contributed by atoms with Gasteiger partial charge < -0.3 is 25.4 Å². The second-order valence-corrected chi connectivity index (χ2v) is 6.21. The van der Waals surface area contributed by atoms with Crippen molar-refractivity contribution in [2.45, 2.75) is 20.0 Å². The first-order chi connectivity index (χ1) is 12.8. The van der Waals surface area contributed by atoms with Crippen LogP contribution in [-0.4, -0.2) is 38.1 Å². The first-order valence-corrected chi connectivity index (χ1v) is 8.45. The van der Waals surface area contributed by atoms with Crippen LogP contribution < -0.4 is 20.5 Å². The molecule has 0 aliphatic rings. The maximum atomic E-state index is 12.7. The summed E-state index contributed by atoms with van der Waals surface area (Å²) in [4.78, 5) is 25.1. The van der Waals surface area contributed by atoms with Gasteiger partial charge in [-0.2, -0.15) is 0 Å². The van der Waals surface area contributed by atoms with Gasteiger partial charge in [0, 0.05) is 25.7 Å². The maximum absolute atomic E-state index is 12.7. The molecule has 7 heteroatoms. The number of carbonyl (C=O) groups is 2. The van der Waals surface area contributed by atoms with E-state index in [-0.39, 0.29) is 5.91 Å². The van der Waals surface area contributed by atoms with Crippen LogP contribution >= 0.6 is 0 Å². The number of benzene rings is 2. The van der Waals surface area contributed by atoms with E-state index in [1.807, 2.05) is 19.1 Å². The molecule has 0 radical (unpaired) electrons. The number of carbonyl (C=O) groups excluding carboxylic acids is 2. The van der Waals surface area contributed by atoms with Crippen molar-refractivity contribution in [1.29, 1.82) is 0 Å². The highest BCUT2D eigenvalue weighted by molar-refractivity contribution is 5.94. The molecule has 0 fully saturated rings. The second kappa shape index (κ2) is 8.93. The number of nitrogens with two attached hydrogens (primary N) is 1. The normalized spacial score (nSPS) is 10.2. The average Bonchev–Trinajstić information content (AvgIpc) is 2.67. The molecule has 0 atom stereocenters. The monoisotopic (exact) mass is 371 g/mol. The average molecular weight is 371 g/mol. The highest BCUT2D eigenvalue weighted by atomic mass is 16.5. The summed E-state index contributed by atoms with van der Waals surface area (Å²) < 4.78 is 10.6. The lowest BCUT2D eigenvalue weighted by molar-refractivity contribution is 0.0784. The minimum atomic E-state index is -0.583. The molecule has 3 N–H and O–H groups in total. The Morgan fingerprint density at radius 1 is 1.07 bits per heavy atom. The summed E-state index contributed by atoms with van der Waals surface area (Å²) in [5.74, 6) is 1.19. The minimum Gasteiger partial charge on any atom is -0.493 e. The molecule has 7 nitrogen and oxygen atoms in total. The number of amides is 3. The number of nitrogens with one attached hydrogen (secondary N) is 1. The van der Waals surface area contributed by atoms with Crippen molar-refractivity contribution in [2.24, 2.45) is 5.73 Å². The fraction of sp³-hybridized carbons (Fsp3) is 0.300. The fourth-order valence-electron chi connectivity index (χ4n) is 2.70. The van der Waals surface area contributed by atoms with E-state index in [1.54, 1.807) is 50.4 Å². The first kappa shape index (κ1) is 20.1. The van der Waals surface area contributed by atoms with E-state index < -0.39 is 6.03 Å². The molecule has 144 valence electrons. The second-order valence-electron chi connectivity index (χ2n) is 6.21. The molecule has 0 aliphatic heterocycles. The third-order valence-corrected chi connectivity index (χ3v) is 4.26. The fourth-order valence-corrected chi connectivity index (χ4v) is 2.70. The summed E-state index contributed by atoms with van der Waals surface area (Å²) in [6.45, 7) is 2.73. The molecule has 27 heavy (non-hydrogen) atoms. The van der Waals surface area contributed by atoms with Gasteiger partial charge in [-0.05, 0) is 47.9 Å². The number of aryl methyl sites for hydroxylation is 1. The predicted octanol–water partition coefficient (Wildman–Crippen LogP) is 2.45. The van der Waals surface area contributed by atoms with E-state index in [0.29, 0.717) is 30.2 Å². The van der Waals surface area contributed by atoms with E-state index in [1.165, 1.54) is 0 Å². The molecule has 0 aromatic heterocycles. The van der Waals surface area contributed by atoms with Crippen molar-refractivity contribution in [2.75, 3.05) is 21.3 Å². The minimum absolute atomic E-state index is 0.0985. The van der Waals surface area contributed by atoms with Gasteiger partial charge in [0.2, 0.25) is 0 Å². The van der Waals surface area contributed by atoms with Gasteiger partial charge in [-0.15, -0.1) is 0 Å². The molecule has 0 unspecified atom stereocenters. The van der Waals surface area contributed by atoms with E-state index in [2.05, 4.69) is 5.32 Å². The van der Waals surface area contributed by atoms with Crippen molar-refractivity contribution in [3.63, 3.8) is 0 Å². The van der Waals surface area contributed by atoms with Gasteiger partial charge in [0.05, 0.1) is 14.2 Å². The predicted molar refractivity (Wildman–Crippen MR) is 103 cm³/mol. The third kappa shape index (κ3) is 5.13. The van der Waals surface area contributed by atoms with Crippen LogP contribution in [0, 0.1) is 6.92 Å². The van der Waals surface area contributed by atoms with Crippen LogP contribution in [0.25, 0.3) is 0 Å². The number of rotatable bonds is 7. The van der Waals surface area contributed by atoms with Gasteiger partial charge >= 0.3 is 6.03 Å². The molecule has 3 amide bonds. The highest BCUT2D eigenvalue weighted by Gasteiger charge is 2.15. The van der Waals surface area contributed by atoms with Gasteiger partial charge in [0.25, 0.3) is 5.91 Å². The smallest absolute Gasteiger partial charge is 0.312 e. The van der Waals surface area contributed by atoms with E-state index >= 15 is 0 Å². The Labute approximate surface area is 159 Å². The number of hydrogen-bond donors (Lipinski definition) is 2. The van der Waals surface area contributed by atoms with Gasteiger partial charge in [-0.1, -0.05) is 12.1 Å². The van der Waals surface area contributed by atoms with Gasteiger partial charge in [-0.25, -0.2) is 4.79 Å². The molecule has 2 rings (SSSR count).